The summed E-state index contributed by atoms with van der Waals surface area (Å²) in [7, 11) is 0. The third-order valence-corrected chi connectivity index (χ3v) is 3.38. The first-order valence-corrected chi connectivity index (χ1v) is 6.12. The lowest BCUT2D eigenvalue weighted by Gasteiger charge is -2.13. The van der Waals surface area contributed by atoms with Gasteiger partial charge in [-0.1, -0.05) is 6.07 Å². The van der Waals surface area contributed by atoms with Crippen molar-refractivity contribution in [2.45, 2.75) is 13.0 Å². The van der Waals surface area contributed by atoms with E-state index >= 15 is 0 Å². The lowest BCUT2D eigenvalue weighted by molar-refractivity contribution is 0.619. The van der Waals surface area contributed by atoms with E-state index in [1.807, 2.05) is 41.3 Å². The van der Waals surface area contributed by atoms with E-state index in [1.54, 1.807) is 0 Å². The van der Waals surface area contributed by atoms with Crippen molar-refractivity contribution in [3.05, 3.63) is 48.3 Å². The van der Waals surface area contributed by atoms with Gasteiger partial charge in [0.1, 0.15) is 12.0 Å². The van der Waals surface area contributed by atoms with E-state index in [4.69, 9.17) is 0 Å². The molecular weight excluding hydrogens is 226 g/mol. The van der Waals surface area contributed by atoms with Gasteiger partial charge in [0.2, 0.25) is 0 Å². The maximum atomic E-state index is 4.63. The molecule has 0 spiro atoms. The molecule has 0 amide bonds. The van der Waals surface area contributed by atoms with Crippen molar-refractivity contribution in [1.29, 1.82) is 0 Å². The molecule has 18 heavy (non-hydrogen) atoms. The lowest BCUT2D eigenvalue weighted by atomic mass is 10.2. The summed E-state index contributed by atoms with van der Waals surface area (Å²) in [6.45, 7) is 1.86. The molecule has 1 N–H and O–H groups in total. The second-order valence-electron chi connectivity index (χ2n) is 4.50. The van der Waals surface area contributed by atoms with Gasteiger partial charge < -0.3 is 9.72 Å². The third kappa shape index (κ3) is 1.37. The minimum atomic E-state index is 0.857. The highest BCUT2D eigenvalue weighted by Crippen LogP contribution is 2.17. The van der Waals surface area contributed by atoms with Gasteiger partial charge in [0.25, 0.3) is 0 Å². The minimum absolute atomic E-state index is 0.857. The molecule has 4 heterocycles. The molecule has 1 aliphatic rings. The molecular formula is C13H13N5. The molecule has 0 bridgehead atoms. The molecule has 1 aliphatic heterocycles. The van der Waals surface area contributed by atoms with E-state index in [0.29, 0.717) is 0 Å². The van der Waals surface area contributed by atoms with Crippen LogP contribution >= 0.6 is 0 Å². The van der Waals surface area contributed by atoms with Gasteiger partial charge in [-0.25, -0.2) is 9.97 Å². The summed E-state index contributed by atoms with van der Waals surface area (Å²) < 4.78 is 4.13. The minimum Gasteiger partial charge on any atom is -0.311 e. The van der Waals surface area contributed by atoms with Crippen LogP contribution in [0.15, 0.2) is 36.9 Å². The zero-order chi connectivity index (χ0) is 11.9. The van der Waals surface area contributed by atoms with E-state index < -0.39 is 0 Å². The first-order chi connectivity index (χ1) is 8.92. The molecule has 3 aromatic heterocycles. The van der Waals surface area contributed by atoms with Crippen molar-refractivity contribution in [2.24, 2.45) is 0 Å². The van der Waals surface area contributed by atoms with E-state index in [1.165, 1.54) is 5.69 Å². The molecule has 0 unspecified atom stereocenters. The summed E-state index contributed by atoms with van der Waals surface area (Å²) in [5, 5.41) is 3.33. The highest BCUT2D eigenvalue weighted by Gasteiger charge is 2.16. The van der Waals surface area contributed by atoms with Gasteiger partial charge in [-0.15, -0.1) is 0 Å². The Morgan fingerprint density at radius 3 is 3.22 bits per heavy atom. The van der Waals surface area contributed by atoms with Crippen LogP contribution in [-0.2, 0) is 13.0 Å². The Morgan fingerprint density at radius 1 is 1.28 bits per heavy atom. The maximum absolute atomic E-state index is 4.63. The Balaban J connectivity index is 1.89. The predicted octanol–water partition coefficient (Wildman–Crippen LogP) is 1.17. The number of fused-ring (bicyclic) bond motifs is 2. The van der Waals surface area contributed by atoms with E-state index in [9.17, 15) is 0 Å². The van der Waals surface area contributed by atoms with Gasteiger partial charge in [0, 0.05) is 31.4 Å². The number of hydrogen-bond donors (Lipinski definition) is 1. The van der Waals surface area contributed by atoms with Crippen LogP contribution in [0.3, 0.4) is 0 Å². The van der Waals surface area contributed by atoms with Crippen molar-refractivity contribution >= 4 is 5.65 Å². The Morgan fingerprint density at radius 2 is 2.28 bits per heavy atom. The summed E-state index contributed by atoms with van der Waals surface area (Å²) in [4.78, 5) is 9.08. The van der Waals surface area contributed by atoms with Gasteiger partial charge in [-0.05, 0) is 12.1 Å². The molecule has 0 fully saturated rings. The zero-order valence-corrected chi connectivity index (χ0v) is 9.87. The Kier molecular flexibility index (Phi) is 2.01. The fourth-order valence-electron chi connectivity index (χ4n) is 2.47. The van der Waals surface area contributed by atoms with Gasteiger partial charge in [-0.2, -0.15) is 0 Å². The molecule has 0 atom stereocenters. The standard InChI is InChI=1S/C13H13N5/c1-2-6-17-8-13(16-12(17)3-1)18-9-15-10-7-14-5-4-11(10)18/h1-3,6,8-9,14H,4-5,7H2. The number of rotatable bonds is 1. The SMILES string of the molecule is c1ccn2cc(-n3cnc4c3CCNC4)nc2c1. The normalized spacial score (nSPS) is 14.9. The van der Waals surface area contributed by atoms with Crippen molar-refractivity contribution in [3.8, 4) is 5.82 Å². The topological polar surface area (TPSA) is 47.1 Å². The number of nitrogens with one attached hydrogen (secondary N) is 1. The zero-order valence-electron chi connectivity index (χ0n) is 9.87. The summed E-state index contributed by atoms with van der Waals surface area (Å²) in [6.07, 6.45) is 6.93. The smallest absolute Gasteiger partial charge is 0.157 e. The molecule has 5 nitrogen and oxygen atoms in total. The van der Waals surface area contributed by atoms with Crippen LogP contribution in [0.25, 0.3) is 11.5 Å². The fraction of sp³-hybridized carbons (Fsp3) is 0.231. The maximum Gasteiger partial charge on any atom is 0.157 e. The highest BCUT2D eigenvalue weighted by atomic mass is 15.2. The van der Waals surface area contributed by atoms with Crippen LogP contribution in [-0.4, -0.2) is 25.5 Å². The number of hydrogen-bond acceptors (Lipinski definition) is 3. The van der Waals surface area contributed by atoms with Crippen LogP contribution in [0, 0.1) is 0 Å². The molecule has 4 rings (SSSR count). The van der Waals surface area contributed by atoms with Crippen LogP contribution in [0.4, 0.5) is 0 Å². The van der Waals surface area contributed by atoms with E-state index in [-0.39, 0.29) is 0 Å². The molecule has 0 aliphatic carbocycles. The number of aromatic nitrogens is 4. The Bertz CT molecular complexity index is 676. The van der Waals surface area contributed by atoms with Gasteiger partial charge in [0.15, 0.2) is 5.82 Å². The summed E-state index contributed by atoms with van der Waals surface area (Å²) in [5.41, 5.74) is 3.37. The average molecular weight is 239 g/mol. The number of nitrogens with zero attached hydrogens (tertiary/aromatic N) is 4. The molecule has 5 heteroatoms. The largest absolute Gasteiger partial charge is 0.311 e. The van der Waals surface area contributed by atoms with Crippen molar-refractivity contribution in [3.63, 3.8) is 0 Å². The fourth-order valence-corrected chi connectivity index (χ4v) is 2.47. The second kappa shape index (κ2) is 3.68. The van der Waals surface area contributed by atoms with Crippen molar-refractivity contribution in [1.82, 2.24) is 24.3 Å². The summed E-state index contributed by atoms with van der Waals surface area (Å²) in [6, 6.07) is 6.01. The summed E-state index contributed by atoms with van der Waals surface area (Å²) >= 11 is 0. The Labute approximate surface area is 104 Å². The van der Waals surface area contributed by atoms with Gasteiger partial charge in [-0.3, -0.25) is 4.57 Å². The van der Waals surface area contributed by atoms with E-state index in [0.717, 1.165) is 36.7 Å². The number of pyridine rings is 1. The lowest BCUT2D eigenvalue weighted by Crippen LogP contribution is -2.24. The quantitative estimate of drug-likeness (QED) is 0.693. The van der Waals surface area contributed by atoms with Crippen LogP contribution < -0.4 is 5.32 Å². The molecule has 0 aromatic carbocycles. The monoisotopic (exact) mass is 239 g/mol. The first-order valence-electron chi connectivity index (χ1n) is 6.12. The first kappa shape index (κ1) is 9.85. The molecule has 90 valence electrons. The van der Waals surface area contributed by atoms with Crippen molar-refractivity contribution < 1.29 is 0 Å². The molecule has 0 saturated heterocycles. The summed E-state index contributed by atoms with van der Waals surface area (Å²) in [5.74, 6) is 0.942. The van der Waals surface area contributed by atoms with Crippen LogP contribution in [0.1, 0.15) is 11.4 Å². The number of imidazole rings is 2. The van der Waals surface area contributed by atoms with Crippen LogP contribution in [0.2, 0.25) is 0 Å². The molecule has 0 saturated carbocycles. The third-order valence-electron chi connectivity index (χ3n) is 3.38. The van der Waals surface area contributed by atoms with Crippen LogP contribution in [0.5, 0.6) is 0 Å². The highest BCUT2D eigenvalue weighted by molar-refractivity contribution is 5.44. The van der Waals surface area contributed by atoms with Crippen molar-refractivity contribution in [2.75, 3.05) is 6.54 Å². The Hall–Kier alpha value is -2.14. The second-order valence-corrected chi connectivity index (χ2v) is 4.50. The average Bonchev–Trinajstić information content (AvgIpc) is 3.02. The molecule has 0 radical (unpaired) electrons. The van der Waals surface area contributed by atoms with Gasteiger partial charge in [0.05, 0.1) is 11.9 Å². The van der Waals surface area contributed by atoms with Gasteiger partial charge >= 0.3 is 0 Å². The predicted molar refractivity (Wildman–Crippen MR) is 67.7 cm³/mol. The molecule has 3 aromatic rings. The van der Waals surface area contributed by atoms with E-state index in [2.05, 4.69) is 19.9 Å².